The quantitative estimate of drug-likeness (QED) is 0.709. The highest BCUT2D eigenvalue weighted by molar-refractivity contribution is 5.83. The largest absolute Gasteiger partial charge is 0.356 e. The predicted molar refractivity (Wildman–Crippen MR) is 107 cm³/mol. The molecule has 1 saturated heterocycles. The van der Waals surface area contributed by atoms with E-state index in [1.54, 1.807) is 12.1 Å². The van der Waals surface area contributed by atoms with Crippen LogP contribution in [0.5, 0.6) is 0 Å². The molecule has 1 fully saturated rings. The summed E-state index contributed by atoms with van der Waals surface area (Å²) in [5, 5.41) is 4.18. The summed E-state index contributed by atoms with van der Waals surface area (Å²) < 4.78 is 18.6. The molecular formula is C22H30FN3O2. The predicted octanol–water partition coefficient (Wildman–Crippen LogP) is 4.34. The second kappa shape index (κ2) is 8.86. The van der Waals surface area contributed by atoms with E-state index in [0.29, 0.717) is 18.2 Å². The van der Waals surface area contributed by atoms with E-state index in [0.717, 1.165) is 37.2 Å². The van der Waals surface area contributed by atoms with Crippen LogP contribution in [0.4, 0.5) is 4.39 Å². The van der Waals surface area contributed by atoms with E-state index >= 15 is 0 Å². The van der Waals surface area contributed by atoms with Crippen molar-refractivity contribution < 1.29 is 13.7 Å². The van der Waals surface area contributed by atoms with Gasteiger partial charge in [0, 0.05) is 37.3 Å². The van der Waals surface area contributed by atoms with E-state index < -0.39 is 0 Å². The van der Waals surface area contributed by atoms with E-state index in [2.05, 4.69) is 37.8 Å². The zero-order chi connectivity index (χ0) is 20.3. The summed E-state index contributed by atoms with van der Waals surface area (Å²) in [6.45, 7) is 10.7. The van der Waals surface area contributed by atoms with Crippen molar-refractivity contribution in [2.24, 2.45) is 5.92 Å². The van der Waals surface area contributed by atoms with Crippen LogP contribution in [0.15, 0.2) is 34.9 Å². The fourth-order valence-corrected chi connectivity index (χ4v) is 3.74. The molecule has 28 heavy (non-hydrogen) atoms. The minimum Gasteiger partial charge on any atom is -0.356 e. The zero-order valence-electron chi connectivity index (χ0n) is 17.2. The van der Waals surface area contributed by atoms with Gasteiger partial charge in [-0.2, -0.15) is 0 Å². The highest BCUT2D eigenvalue weighted by Crippen LogP contribution is 2.25. The van der Waals surface area contributed by atoms with Crippen molar-refractivity contribution in [1.29, 1.82) is 0 Å². The average molecular weight is 387 g/mol. The van der Waals surface area contributed by atoms with Crippen LogP contribution >= 0.6 is 0 Å². The molecule has 152 valence electrons. The molecule has 0 bridgehead atoms. The van der Waals surface area contributed by atoms with Crippen molar-refractivity contribution in [2.75, 3.05) is 13.1 Å². The van der Waals surface area contributed by atoms with Crippen molar-refractivity contribution in [3.63, 3.8) is 0 Å². The van der Waals surface area contributed by atoms with Gasteiger partial charge in [-0.3, -0.25) is 9.69 Å². The van der Waals surface area contributed by atoms with Gasteiger partial charge < -0.3 is 9.42 Å². The van der Waals surface area contributed by atoms with Gasteiger partial charge in [-0.25, -0.2) is 4.39 Å². The van der Waals surface area contributed by atoms with E-state index in [4.69, 9.17) is 4.52 Å². The first-order valence-corrected chi connectivity index (χ1v) is 10.1. The maximum atomic E-state index is 13.1. The number of rotatable bonds is 7. The number of piperazine rings is 1. The summed E-state index contributed by atoms with van der Waals surface area (Å²) in [5.41, 5.74) is 1.58. The number of carbonyl (C=O) groups excluding carboxylic acids is 1. The minimum absolute atomic E-state index is 0.131. The Kier molecular flexibility index (Phi) is 6.50. The average Bonchev–Trinajstić information content (AvgIpc) is 3.13. The molecule has 5 nitrogen and oxygen atoms in total. The first-order valence-electron chi connectivity index (χ1n) is 10.1. The van der Waals surface area contributed by atoms with Gasteiger partial charge in [-0.1, -0.05) is 25.9 Å². The summed E-state index contributed by atoms with van der Waals surface area (Å²) >= 11 is 0. The first kappa shape index (κ1) is 20.5. The van der Waals surface area contributed by atoms with E-state index in [-0.39, 0.29) is 23.8 Å². The molecule has 1 unspecified atom stereocenters. The fourth-order valence-electron chi connectivity index (χ4n) is 3.74. The van der Waals surface area contributed by atoms with Gasteiger partial charge >= 0.3 is 0 Å². The molecule has 0 spiro atoms. The molecular weight excluding hydrogens is 357 g/mol. The molecule has 2 heterocycles. The number of hydrogen-bond acceptors (Lipinski definition) is 4. The van der Waals surface area contributed by atoms with E-state index in [1.165, 1.54) is 12.1 Å². The van der Waals surface area contributed by atoms with Crippen LogP contribution in [0, 0.1) is 11.7 Å². The Morgan fingerprint density at radius 3 is 2.57 bits per heavy atom. The molecule has 2 atom stereocenters. The molecule has 3 rings (SSSR count). The lowest BCUT2D eigenvalue weighted by atomic mass is 9.97. The normalized spacial score (nSPS) is 19.4. The second-order valence-corrected chi connectivity index (χ2v) is 8.09. The van der Waals surface area contributed by atoms with Gasteiger partial charge in [0.15, 0.2) is 5.76 Å². The topological polar surface area (TPSA) is 49.6 Å². The first-order chi connectivity index (χ1) is 13.4. The second-order valence-electron chi connectivity index (χ2n) is 8.09. The number of nitrogens with zero attached hydrogens (tertiary/aromatic N) is 3. The molecule has 0 saturated carbocycles. The van der Waals surface area contributed by atoms with Crippen molar-refractivity contribution >= 4 is 5.91 Å². The Balaban J connectivity index is 1.75. The SMILES string of the molecule is CC[C@@H](C)N1CCN(Cc2cc(-c3ccc(F)cc3)on2)C(CC(C)C)C1=O. The monoisotopic (exact) mass is 387 g/mol. The minimum atomic E-state index is -0.280. The maximum absolute atomic E-state index is 13.1. The van der Waals surface area contributed by atoms with Gasteiger partial charge in [0.1, 0.15) is 5.82 Å². The highest BCUT2D eigenvalue weighted by atomic mass is 19.1. The standard InChI is InChI=1S/C22H30FN3O2/c1-5-16(4)26-11-10-25(20(22(26)27)12-15(2)3)14-19-13-21(28-24-19)17-6-8-18(23)9-7-17/h6-9,13,15-16,20H,5,10-12,14H2,1-4H3/t16-,20?/m1/s1. The molecule has 0 N–H and O–H groups in total. The third kappa shape index (κ3) is 4.61. The molecule has 0 radical (unpaired) electrons. The Hall–Kier alpha value is -2.21. The molecule has 2 aromatic rings. The third-order valence-corrected chi connectivity index (χ3v) is 5.51. The molecule has 1 aliphatic heterocycles. The fraction of sp³-hybridized carbons (Fsp3) is 0.545. The van der Waals surface area contributed by atoms with Crippen LogP contribution in [0.3, 0.4) is 0 Å². The Labute approximate surface area is 166 Å². The summed E-state index contributed by atoms with van der Waals surface area (Å²) in [7, 11) is 0. The zero-order valence-corrected chi connectivity index (χ0v) is 17.2. The summed E-state index contributed by atoms with van der Waals surface area (Å²) in [5.74, 6) is 0.981. The van der Waals surface area contributed by atoms with Crippen molar-refractivity contribution in [1.82, 2.24) is 15.0 Å². The van der Waals surface area contributed by atoms with Crippen molar-refractivity contribution in [2.45, 2.75) is 59.2 Å². The van der Waals surface area contributed by atoms with Gasteiger partial charge in [0.25, 0.3) is 0 Å². The van der Waals surface area contributed by atoms with Crippen LogP contribution in [0.25, 0.3) is 11.3 Å². The third-order valence-electron chi connectivity index (χ3n) is 5.51. The summed E-state index contributed by atoms with van der Waals surface area (Å²) in [4.78, 5) is 17.4. The molecule has 1 aliphatic rings. The van der Waals surface area contributed by atoms with E-state index in [9.17, 15) is 9.18 Å². The molecule has 1 aromatic heterocycles. The van der Waals surface area contributed by atoms with Crippen LogP contribution in [-0.4, -0.2) is 46.0 Å². The van der Waals surface area contributed by atoms with Crippen LogP contribution in [0.2, 0.25) is 0 Å². The lowest BCUT2D eigenvalue weighted by molar-refractivity contribution is -0.145. The number of amides is 1. The Morgan fingerprint density at radius 1 is 1.21 bits per heavy atom. The molecule has 1 amide bonds. The van der Waals surface area contributed by atoms with Crippen LogP contribution < -0.4 is 0 Å². The van der Waals surface area contributed by atoms with Gasteiger partial charge in [-0.15, -0.1) is 0 Å². The maximum Gasteiger partial charge on any atom is 0.240 e. The number of benzene rings is 1. The number of halogens is 1. The summed E-state index contributed by atoms with van der Waals surface area (Å²) in [6.07, 6.45) is 1.79. The number of aromatic nitrogens is 1. The Morgan fingerprint density at radius 2 is 1.93 bits per heavy atom. The smallest absolute Gasteiger partial charge is 0.240 e. The summed E-state index contributed by atoms with van der Waals surface area (Å²) in [6, 6.07) is 8.18. The number of carbonyl (C=O) groups is 1. The lowest BCUT2D eigenvalue weighted by Gasteiger charge is -2.43. The van der Waals surface area contributed by atoms with Crippen molar-refractivity contribution in [3.8, 4) is 11.3 Å². The lowest BCUT2D eigenvalue weighted by Crippen LogP contribution is -2.59. The Bertz CT molecular complexity index is 787. The van der Waals surface area contributed by atoms with Crippen LogP contribution in [-0.2, 0) is 11.3 Å². The van der Waals surface area contributed by atoms with Crippen molar-refractivity contribution in [3.05, 3.63) is 41.8 Å². The molecule has 1 aromatic carbocycles. The number of hydrogen-bond donors (Lipinski definition) is 0. The van der Waals surface area contributed by atoms with E-state index in [1.807, 2.05) is 11.0 Å². The molecule has 6 heteroatoms. The highest BCUT2D eigenvalue weighted by Gasteiger charge is 2.36. The van der Waals surface area contributed by atoms with Crippen LogP contribution in [0.1, 0.15) is 46.2 Å². The van der Waals surface area contributed by atoms with Gasteiger partial charge in [-0.05, 0) is 49.9 Å². The van der Waals surface area contributed by atoms with Gasteiger partial charge in [0.2, 0.25) is 5.91 Å². The van der Waals surface area contributed by atoms with Gasteiger partial charge in [0.05, 0.1) is 11.7 Å². The molecule has 0 aliphatic carbocycles.